The van der Waals surface area contributed by atoms with Gasteiger partial charge < -0.3 is 5.32 Å². The molecule has 0 spiro atoms. The molecule has 1 N–H and O–H groups in total. The van der Waals surface area contributed by atoms with Gasteiger partial charge in [0.1, 0.15) is 5.82 Å². The largest absolute Gasteiger partial charge is 0.367 e. The molecule has 0 aromatic carbocycles. The average Bonchev–Trinajstić information content (AvgIpc) is 2.23. The second kappa shape index (κ2) is 4.45. The highest BCUT2D eigenvalue weighted by Gasteiger charge is 2.20. The summed E-state index contributed by atoms with van der Waals surface area (Å²) in [4.78, 5) is 4.30. The summed E-state index contributed by atoms with van der Waals surface area (Å²) < 4.78 is 0. The first kappa shape index (κ1) is 9.50. The van der Waals surface area contributed by atoms with Gasteiger partial charge in [0.25, 0.3) is 0 Å². The number of nitrogens with one attached hydrogen (secondary N) is 1. The number of hydrogen-bond donors (Lipinski definition) is 1. The molecule has 0 amide bonds. The summed E-state index contributed by atoms with van der Waals surface area (Å²) in [6.45, 7) is 2.33. The molecule has 2 heteroatoms. The minimum atomic E-state index is 0.624. The normalized spacial score (nSPS) is 27.2. The molecule has 0 bridgehead atoms. The molecule has 0 saturated heterocycles. The van der Waals surface area contributed by atoms with Crippen LogP contribution in [0, 0.1) is 5.92 Å². The maximum atomic E-state index is 4.30. The maximum Gasteiger partial charge on any atom is 0.126 e. The summed E-state index contributed by atoms with van der Waals surface area (Å²) in [6.07, 6.45) is 7.23. The molecule has 2 nitrogen and oxygen atoms in total. The van der Waals surface area contributed by atoms with E-state index in [1.165, 1.54) is 25.7 Å². The van der Waals surface area contributed by atoms with E-state index in [0.29, 0.717) is 6.04 Å². The molecular weight excluding hydrogens is 172 g/mol. The standard InChI is InChI=1S/C12H18N2/c1-10-6-2-3-7-11(10)14-12-8-4-5-9-13-12/h4-5,8-11H,2-3,6-7H2,1H3,(H,13,14). The van der Waals surface area contributed by atoms with E-state index in [2.05, 4.69) is 17.2 Å². The molecule has 14 heavy (non-hydrogen) atoms. The Morgan fingerprint density at radius 3 is 2.86 bits per heavy atom. The van der Waals surface area contributed by atoms with Crippen LogP contribution in [-0.2, 0) is 0 Å². The molecule has 2 unspecified atom stereocenters. The van der Waals surface area contributed by atoms with E-state index < -0.39 is 0 Å². The number of anilines is 1. The van der Waals surface area contributed by atoms with Crippen molar-refractivity contribution >= 4 is 5.82 Å². The summed E-state index contributed by atoms with van der Waals surface area (Å²) in [5, 5.41) is 3.52. The van der Waals surface area contributed by atoms with Crippen molar-refractivity contribution in [2.45, 2.75) is 38.6 Å². The van der Waals surface area contributed by atoms with Crippen LogP contribution >= 0.6 is 0 Å². The van der Waals surface area contributed by atoms with Crippen LogP contribution in [0.1, 0.15) is 32.6 Å². The highest BCUT2D eigenvalue weighted by atomic mass is 15.0. The quantitative estimate of drug-likeness (QED) is 0.775. The number of aromatic nitrogens is 1. The number of nitrogens with zero attached hydrogens (tertiary/aromatic N) is 1. The van der Waals surface area contributed by atoms with E-state index in [0.717, 1.165) is 11.7 Å². The van der Waals surface area contributed by atoms with Crippen molar-refractivity contribution in [2.24, 2.45) is 5.92 Å². The Morgan fingerprint density at radius 1 is 1.29 bits per heavy atom. The summed E-state index contributed by atoms with van der Waals surface area (Å²) in [6, 6.07) is 6.65. The smallest absolute Gasteiger partial charge is 0.126 e. The minimum Gasteiger partial charge on any atom is -0.367 e. The average molecular weight is 190 g/mol. The highest BCUT2D eigenvalue weighted by molar-refractivity contribution is 5.34. The van der Waals surface area contributed by atoms with E-state index in [4.69, 9.17) is 0 Å². The second-order valence-electron chi connectivity index (χ2n) is 4.23. The third-order valence-corrected chi connectivity index (χ3v) is 3.11. The SMILES string of the molecule is CC1CCCCC1Nc1ccccn1. The number of hydrogen-bond acceptors (Lipinski definition) is 2. The fourth-order valence-corrected chi connectivity index (χ4v) is 2.17. The molecule has 1 aliphatic carbocycles. The predicted octanol–water partition coefficient (Wildman–Crippen LogP) is 3.07. The van der Waals surface area contributed by atoms with Crippen LogP contribution in [0.2, 0.25) is 0 Å². The molecule has 1 aliphatic rings. The van der Waals surface area contributed by atoms with E-state index in [1.807, 2.05) is 24.4 Å². The van der Waals surface area contributed by atoms with E-state index in [1.54, 1.807) is 0 Å². The zero-order valence-corrected chi connectivity index (χ0v) is 8.74. The molecule has 1 heterocycles. The first-order valence-electron chi connectivity index (χ1n) is 5.54. The van der Waals surface area contributed by atoms with Crippen LogP contribution in [0.3, 0.4) is 0 Å². The zero-order chi connectivity index (χ0) is 9.80. The van der Waals surface area contributed by atoms with E-state index in [9.17, 15) is 0 Å². The van der Waals surface area contributed by atoms with Crippen LogP contribution in [0.4, 0.5) is 5.82 Å². The van der Waals surface area contributed by atoms with Gasteiger partial charge in [0.15, 0.2) is 0 Å². The number of pyridine rings is 1. The van der Waals surface area contributed by atoms with Crippen molar-refractivity contribution in [1.29, 1.82) is 0 Å². The highest BCUT2D eigenvalue weighted by Crippen LogP contribution is 2.25. The van der Waals surface area contributed by atoms with Crippen LogP contribution in [0.25, 0.3) is 0 Å². The molecule has 1 saturated carbocycles. The molecule has 0 radical (unpaired) electrons. The Morgan fingerprint density at radius 2 is 2.14 bits per heavy atom. The van der Waals surface area contributed by atoms with Crippen molar-refractivity contribution in [3.8, 4) is 0 Å². The Kier molecular flexibility index (Phi) is 3.02. The lowest BCUT2D eigenvalue weighted by Gasteiger charge is -2.29. The van der Waals surface area contributed by atoms with Crippen molar-refractivity contribution in [3.05, 3.63) is 24.4 Å². The van der Waals surface area contributed by atoms with Gasteiger partial charge in [-0.25, -0.2) is 4.98 Å². The third kappa shape index (κ3) is 2.25. The zero-order valence-electron chi connectivity index (χ0n) is 8.74. The van der Waals surface area contributed by atoms with Gasteiger partial charge in [0.05, 0.1) is 0 Å². The fraction of sp³-hybridized carbons (Fsp3) is 0.583. The lowest BCUT2D eigenvalue weighted by Crippen LogP contribution is -2.30. The predicted molar refractivity (Wildman–Crippen MR) is 59.3 cm³/mol. The lowest BCUT2D eigenvalue weighted by atomic mass is 9.86. The van der Waals surface area contributed by atoms with Crippen LogP contribution in [-0.4, -0.2) is 11.0 Å². The van der Waals surface area contributed by atoms with Gasteiger partial charge >= 0.3 is 0 Å². The molecule has 2 rings (SSSR count). The molecule has 76 valence electrons. The van der Waals surface area contributed by atoms with E-state index in [-0.39, 0.29) is 0 Å². The van der Waals surface area contributed by atoms with Gasteiger partial charge in [-0.05, 0) is 30.9 Å². The Labute approximate surface area is 85.7 Å². The molecule has 2 atom stereocenters. The lowest BCUT2D eigenvalue weighted by molar-refractivity contribution is 0.349. The Balaban J connectivity index is 1.96. The minimum absolute atomic E-state index is 0.624. The van der Waals surface area contributed by atoms with Gasteiger partial charge in [-0.15, -0.1) is 0 Å². The monoisotopic (exact) mass is 190 g/mol. The molecular formula is C12H18N2. The fourth-order valence-electron chi connectivity index (χ4n) is 2.17. The van der Waals surface area contributed by atoms with Crippen LogP contribution in [0.15, 0.2) is 24.4 Å². The van der Waals surface area contributed by atoms with E-state index >= 15 is 0 Å². The Hall–Kier alpha value is -1.05. The summed E-state index contributed by atoms with van der Waals surface area (Å²) in [5.74, 6) is 1.80. The van der Waals surface area contributed by atoms with Crippen molar-refractivity contribution in [2.75, 3.05) is 5.32 Å². The number of rotatable bonds is 2. The summed E-state index contributed by atoms with van der Waals surface area (Å²) >= 11 is 0. The van der Waals surface area contributed by atoms with Crippen molar-refractivity contribution in [1.82, 2.24) is 4.98 Å². The first-order chi connectivity index (χ1) is 6.86. The molecule has 1 fully saturated rings. The summed E-state index contributed by atoms with van der Waals surface area (Å²) in [7, 11) is 0. The third-order valence-electron chi connectivity index (χ3n) is 3.11. The van der Waals surface area contributed by atoms with Gasteiger partial charge in [0, 0.05) is 12.2 Å². The molecule has 1 aromatic heterocycles. The first-order valence-corrected chi connectivity index (χ1v) is 5.54. The molecule has 0 aliphatic heterocycles. The maximum absolute atomic E-state index is 4.30. The van der Waals surface area contributed by atoms with Gasteiger partial charge in [-0.1, -0.05) is 25.8 Å². The van der Waals surface area contributed by atoms with Crippen LogP contribution in [0.5, 0.6) is 0 Å². The topological polar surface area (TPSA) is 24.9 Å². The van der Waals surface area contributed by atoms with Crippen LogP contribution < -0.4 is 5.32 Å². The second-order valence-corrected chi connectivity index (χ2v) is 4.23. The van der Waals surface area contributed by atoms with Gasteiger partial charge in [0.2, 0.25) is 0 Å². The van der Waals surface area contributed by atoms with Crippen molar-refractivity contribution < 1.29 is 0 Å². The van der Waals surface area contributed by atoms with Crippen molar-refractivity contribution in [3.63, 3.8) is 0 Å². The molecule has 1 aromatic rings. The van der Waals surface area contributed by atoms with Gasteiger partial charge in [-0.2, -0.15) is 0 Å². The Bertz CT molecular complexity index is 271. The summed E-state index contributed by atoms with van der Waals surface area (Å²) in [5.41, 5.74) is 0. The van der Waals surface area contributed by atoms with Gasteiger partial charge in [-0.3, -0.25) is 0 Å².